The van der Waals surface area contributed by atoms with E-state index in [9.17, 15) is 43.2 Å². The molecule has 0 aliphatic heterocycles. The lowest BCUT2D eigenvalue weighted by Crippen LogP contribution is -2.30. The molecule has 17 nitrogen and oxygen atoms in total. The molecule has 0 aromatic rings. The molecule has 0 aromatic carbocycles. The first-order chi connectivity index (χ1) is 41.2. The van der Waals surface area contributed by atoms with Gasteiger partial charge in [0.25, 0.3) is 0 Å². The average molecular weight is 1270 g/mol. The lowest BCUT2D eigenvalue weighted by atomic mass is 10.0. The maximum Gasteiger partial charge on any atom is 0.472 e. The second kappa shape index (κ2) is 58.2. The molecular weight excluding hydrogens is 1140 g/mol. The van der Waals surface area contributed by atoms with Crippen molar-refractivity contribution in [1.29, 1.82) is 0 Å². The van der Waals surface area contributed by atoms with Gasteiger partial charge in [-0.2, -0.15) is 0 Å². The van der Waals surface area contributed by atoms with Gasteiger partial charge in [0.15, 0.2) is 12.2 Å². The minimum absolute atomic E-state index is 0.101. The molecule has 0 bridgehead atoms. The van der Waals surface area contributed by atoms with Crippen molar-refractivity contribution >= 4 is 39.5 Å². The van der Waals surface area contributed by atoms with Crippen LogP contribution >= 0.6 is 15.6 Å². The lowest BCUT2D eigenvalue weighted by molar-refractivity contribution is -0.161. The number of aliphatic hydroxyl groups excluding tert-OH is 1. The quantitative estimate of drug-likeness (QED) is 0.0222. The number of unbranched alkanes of at least 4 members (excludes halogenated alkanes) is 33. The molecule has 0 heterocycles. The van der Waals surface area contributed by atoms with Gasteiger partial charge in [-0.15, -0.1) is 0 Å². The summed E-state index contributed by atoms with van der Waals surface area (Å²) in [5, 5.41) is 10.5. The second-order valence-corrected chi connectivity index (χ2v) is 28.5. The van der Waals surface area contributed by atoms with Gasteiger partial charge in [-0.25, -0.2) is 9.13 Å². The van der Waals surface area contributed by atoms with Gasteiger partial charge < -0.3 is 33.8 Å². The van der Waals surface area contributed by atoms with Crippen LogP contribution in [-0.4, -0.2) is 96.7 Å². The van der Waals surface area contributed by atoms with Gasteiger partial charge in [-0.3, -0.25) is 37.3 Å². The Morgan fingerprint density at radius 2 is 0.535 bits per heavy atom. The molecule has 0 amide bonds. The van der Waals surface area contributed by atoms with Crippen molar-refractivity contribution in [3.63, 3.8) is 0 Å². The molecule has 0 saturated carbocycles. The van der Waals surface area contributed by atoms with E-state index in [0.717, 1.165) is 103 Å². The standard InChI is InChI=1S/C67H130O17P2/c1-8-9-10-11-12-13-14-15-16-17-18-19-20-21-22-23-24-36-43-50-66(71)83-62(54-77-64(69)48-41-34-28-25-31-38-45-58(2)3)56-81-85(73,74)79-52-61(68)53-80-86(75,76)82-57-63(84-67(72)51-44-37-30-27-33-40-47-60(6)7)55-78-65(70)49-42-35-29-26-32-39-46-59(4)5/h58-63,68H,8-57H2,1-7H3,(H,73,74)(H,75,76)/t61-,62-,63-/m1/s1. The number of carbonyl (C=O) groups is 4. The minimum Gasteiger partial charge on any atom is -0.462 e. The molecule has 0 saturated heterocycles. The Labute approximate surface area is 524 Å². The van der Waals surface area contributed by atoms with E-state index in [1.807, 2.05) is 0 Å². The fourth-order valence-electron chi connectivity index (χ4n) is 10.0. The van der Waals surface area contributed by atoms with E-state index < -0.39 is 97.5 Å². The number of ether oxygens (including phenoxy) is 4. The number of phosphoric acid groups is 2. The van der Waals surface area contributed by atoms with Crippen molar-refractivity contribution in [2.45, 2.75) is 349 Å². The third kappa shape index (κ3) is 60.9. The summed E-state index contributed by atoms with van der Waals surface area (Å²) in [6.07, 6.45) is 41.0. The van der Waals surface area contributed by atoms with Gasteiger partial charge in [0, 0.05) is 25.7 Å². The third-order valence-electron chi connectivity index (χ3n) is 15.4. The first-order valence-corrected chi connectivity index (χ1v) is 37.8. The Kier molecular flexibility index (Phi) is 56.9. The van der Waals surface area contributed by atoms with Gasteiger partial charge in [0.05, 0.1) is 26.4 Å². The summed E-state index contributed by atoms with van der Waals surface area (Å²) in [7, 11) is -9.89. The van der Waals surface area contributed by atoms with Crippen molar-refractivity contribution in [1.82, 2.24) is 0 Å². The summed E-state index contributed by atoms with van der Waals surface area (Å²) in [5.41, 5.74) is 0. The third-order valence-corrected chi connectivity index (χ3v) is 17.3. The SMILES string of the molecule is CCCCCCCCCCCCCCCCCCCCCC(=O)O[C@H](COC(=O)CCCCCCCCC(C)C)COP(=O)(O)OC[C@@H](O)COP(=O)(O)OC[C@@H](COC(=O)CCCCCCCCC(C)C)OC(=O)CCCCCCCCC(C)C. The van der Waals surface area contributed by atoms with Crippen molar-refractivity contribution in [3.05, 3.63) is 0 Å². The lowest BCUT2D eigenvalue weighted by Gasteiger charge is -2.21. The Morgan fingerprint density at radius 3 is 0.791 bits per heavy atom. The number of carbonyl (C=O) groups excluding carboxylic acids is 4. The Balaban J connectivity index is 5.15. The summed E-state index contributed by atoms with van der Waals surface area (Å²) < 4.78 is 68.0. The molecule has 3 N–H and O–H groups in total. The zero-order chi connectivity index (χ0) is 63.8. The summed E-state index contributed by atoms with van der Waals surface area (Å²) in [5.74, 6) is -0.112. The van der Waals surface area contributed by atoms with Gasteiger partial charge in [0.1, 0.15) is 19.3 Å². The summed E-state index contributed by atoms with van der Waals surface area (Å²) in [4.78, 5) is 72.2. The highest BCUT2D eigenvalue weighted by Crippen LogP contribution is 2.45. The fraction of sp³-hybridized carbons (Fsp3) is 0.940. The fourth-order valence-corrected chi connectivity index (χ4v) is 11.6. The number of hydrogen-bond donors (Lipinski definition) is 3. The molecule has 2 unspecified atom stereocenters. The van der Waals surface area contributed by atoms with E-state index in [1.54, 1.807) is 0 Å². The predicted octanol–water partition coefficient (Wildman–Crippen LogP) is 18.7. The number of esters is 4. The second-order valence-electron chi connectivity index (χ2n) is 25.6. The Bertz CT molecular complexity index is 1700. The molecule has 0 spiro atoms. The van der Waals surface area contributed by atoms with E-state index in [0.29, 0.717) is 43.4 Å². The van der Waals surface area contributed by atoms with Crippen LogP contribution in [0.4, 0.5) is 0 Å². The number of phosphoric ester groups is 2. The molecular formula is C67H130O17P2. The van der Waals surface area contributed by atoms with Gasteiger partial charge in [-0.1, -0.05) is 280 Å². The van der Waals surface area contributed by atoms with Crippen LogP contribution in [-0.2, 0) is 65.4 Å². The zero-order valence-corrected chi connectivity index (χ0v) is 57.6. The molecule has 0 radical (unpaired) electrons. The monoisotopic (exact) mass is 1270 g/mol. The first-order valence-electron chi connectivity index (χ1n) is 34.8. The van der Waals surface area contributed by atoms with E-state index in [1.165, 1.54) is 128 Å². The Hall–Kier alpha value is -1.94. The van der Waals surface area contributed by atoms with Crippen LogP contribution < -0.4 is 0 Å². The van der Waals surface area contributed by atoms with Crippen LogP contribution in [0.2, 0.25) is 0 Å². The first kappa shape index (κ1) is 84.1. The summed E-state index contributed by atoms with van der Waals surface area (Å²) in [6.45, 7) is 11.6. The number of hydrogen-bond acceptors (Lipinski definition) is 15. The van der Waals surface area contributed by atoms with Crippen molar-refractivity contribution in [3.8, 4) is 0 Å². The zero-order valence-electron chi connectivity index (χ0n) is 55.8. The number of rotatable bonds is 65. The highest BCUT2D eigenvalue weighted by molar-refractivity contribution is 7.47. The van der Waals surface area contributed by atoms with Crippen LogP contribution in [0.3, 0.4) is 0 Å². The highest BCUT2D eigenvalue weighted by atomic mass is 31.2. The van der Waals surface area contributed by atoms with Gasteiger partial charge in [-0.05, 0) is 43.4 Å². The van der Waals surface area contributed by atoms with Crippen molar-refractivity contribution in [2.24, 2.45) is 17.8 Å². The van der Waals surface area contributed by atoms with Crippen LogP contribution in [0.25, 0.3) is 0 Å². The topological polar surface area (TPSA) is 237 Å². The van der Waals surface area contributed by atoms with Crippen LogP contribution in [0.15, 0.2) is 0 Å². The van der Waals surface area contributed by atoms with E-state index in [2.05, 4.69) is 48.5 Å². The molecule has 19 heteroatoms. The summed E-state index contributed by atoms with van der Waals surface area (Å²) in [6, 6.07) is 0. The minimum atomic E-state index is -4.95. The Morgan fingerprint density at radius 1 is 0.314 bits per heavy atom. The van der Waals surface area contributed by atoms with Crippen molar-refractivity contribution < 1.29 is 80.2 Å². The van der Waals surface area contributed by atoms with Gasteiger partial charge >= 0.3 is 39.5 Å². The van der Waals surface area contributed by atoms with Crippen LogP contribution in [0.5, 0.6) is 0 Å². The molecule has 5 atom stereocenters. The van der Waals surface area contributed by atoms with Gasteiger partial charge in [0.2, 0.25) is 0 Å². The van der Waals surface area contributed by atoms with Crippen molar-refractivity contribution in [2.75, 3.05) is 39.6 Å². The normalized spacial score (nSPS) is 14.3. The molecule has 86 heavy (non-hydrogen) atoms. The van der Waals surface area contributed by atoms with Crippen LogP contribution in [0, 0.1) is 17.8 Å². The molecule has 0 aromatic heterocycles. The molecule has 0 aliphatic rings. The van der Waals surface area contributed by atoms with E-state index >= 15 is 0 Å². The highest BCUT2D eigenvalue weighted by Gasteiger charge is 2.30. The maximum absolute atomic E-state index is 13.0. The number of aliphatic hydroxyl groups is 1. The smallest absolute Gasteiger partial charge is 0.462 e. The molecule has 510 valence electrons. The molecule has 0 aliphatic carbocycles. The average Bonchev–Trinajstić information content (AvgIpc) is 3.64. The van der Waals surface area contributed by atoms with E-state index in [4.69, 9.17) is 37.0 Å². The maximum atomic E-state index is 13.0. The molecule has 0 rings (SSSR count). The predicted molar refractivity (Wildman–Crippen MR) is 344 cm³/mol. The summed E-state index contributed by atoms with van der Waals surface area (Å²) >= 11 is 0. The molecule has 0 fully saturated rings. The van der Waals surface area contributed by atoms with E-state index in [-0.39, 0.29) is 25.7 Å². The van der Waals surface area contributed by atoms with Crippen LogP contribution in [0.1, 0.15) is 331 Å². The largest absolute Gasteiger partial charge is 0.472 e.